The van der Waals surface area contributed by atoms with Gasteiger partial charge in [-0.3, -0.25) is 4.79 Å². The lowest BCUT2D eigenvalue weighted by atomic mass is 10.1. The number of esters is 2. The number of amides is 1. The van der Waals surface area contributed by atoms with Crippen LogP contribution < -0.4 is 5.32 Å². The Morgan fingerprint density at radius 3 is 2.39 bits per heavy atom. The number of carbonyl (C=O) groups excluding carboxylic acids is 3. The van der Waals surface area contributed by atoms with Gasteiger partial charge in [0.1, 0.15) is 5.00 Å². The number of carbonyl (C=O) groups is 3. The van der Waals surface area contributed by atoms with E-state index in [1.54, 1.807) is 30.5 Å². The highest BCUT2D eigenvalue weighted by atomic mass is 32.1. The highest BCUT2D eigenvalue weighted by Gasteiger charge is 2.20. The second kappa shape index (κ2) is 7.55. The number of nitrogens with one attached hydrogen (secondary N) is 1. The lowest BCUT2D eigenvalue weighted by Gasteiger charge is -2.09. The number of benzene rings is 1. The lowest BCUT2D eigenvalue weighted by molar-refractivity contribution is 0.0527. The normalized spacial score (nSPS) is 10.0. The standard InChI is InChI=1S/C16H15NO5S/c1-3-22-16(20)12-8-9-23-14(12)17-13(18)10-6-4-5-7-11(10)15(19)21-2/h4-9H,3H2,1-2H3,(H,17,18). The van der Waals surface area contributed by atoms with Crippen molar-refractivity contribution in [2.45, 2.75) is 6.92 Å². The first-order valence-electron chi connectivity index (χ1n) is 6.81. The summed E-state index contributed by atoms with van der Waals surface area (Å²) in [5, 5.41) is 4.68. The van der Waals surface area contributed by atoms with Gasteiger partial charge in [0.25, 0.3) is 5.91 Å². The van der Waals surface area contributed by atoms with Crippen molar-refractivity contribution in [2.24, 2.45) is 0 Å². The lowest BCUT2D eigenvalue weighted by Crippen LogP contribution is -2.18. The van der Waals surface area contributed by atoms with E-state index < -0.39 is 17.8 Å². The Morgan fingerprint density at radius 2 is 1.74 bits per heavy atom. The maximum Gasteiger partial charge on any atom is 0.341 e. The monoisotopic (exact) mass is 333 g/mol. The molecule has 23 heavy (non-hydrogen) atoms. The van der Waals surface area contributed by atoms with Gasteiger partial charge in [0.15, 0.2) is 0 Å². The van der Waals surface area contributed by atoms with Crippen molar-refractivity contribution in [1.82, 2.24) is 0 Å². The van der Waals surface area contributed by atoms with Crippen LogP contribution in [0.2, 0.25) is 0 Å². The first kappa shape index (κ1) is 16.7. The van der Waals surface area contributed by atoms with Crippen LogP contribution in [0.15, 0.2) is 35.7 Å². The average Bonchev–Trinajstić information content (AvgIpc) is 3.02. The fraction of sp³-hybridized carbons (Fsp3) is 0.188. The van der Waals surface area contributed by atoms with Crippen molar-refractivity contribution >= 4 is 34.2 Å². The maximum absolute atomic E-state index is 12.4. The molecule has 1 aromatic heterocycles. The zero-order valence-electron chi connectivity index (χ0n) is 12.6. The van der Waals surface area contributed by atoms with E-state index in [1.165, 1.54) is 30.6 Å². The van der Waals surface area contributed by atoms with Gasteiger partial charge in [-0.25, -0.2) is 9.59 Å². The van der Waals surface area contributed by atoms with Crippen molar-refractivity contribution < 1.29 is 23.9 Å². The molecule has 0 saturated carbocycles. The topological polar surface area (TPSA) is 81.7 Å². The molecule has 0 aliphatic carbocycles. The molecule has 0 aliphatic rings. The SMILES string of the molecule is CCOC(=O)c1ccsc1NC(=O)c1ccccc1C(=O)OC. The number of rotatable bonds is 5. The molecule has 0 bridgehead atoms. The summed E-state index contributed by atoms with van der Waals surface area (Å²) in [5.74, 6) is -1.61. The number of hydrogen-bond acceptors (Lipinski definition) is 6. The molecule has 0 atom stereocenters. The molecule has 2 rings (SSSR count). The summed E-state index contributed by atoms with van der Waals surface area (Å²) >= 11 is 1.20. The molecule has 1 amide bonds. The van der Waals surface area contributed by atoms with Crippen LogP contribution in [0.5, 0.6) is 0 Å². The van der Waals surface area contributed by atoms with Crippen molar-refractivity contribution in [3.63, 3.8) is 0 Å². The summed E-state index contributed by atoms with van der Waals surface area (Å²) in [6.45, 7) is 1.95. The Hall–Kier alpha value is -2.67. The Labute approximate surface area is 137 Å². The van der Waals surface area contributed by atoms with Crippen molar-refractivity contribution in [3.05, 3.63) is 52.4 Å². The molecule has 6 nitrogen and oxygen atoms in total. The van der Waals surface area contributed by atoms with Crippen molar-refractivity contribution in [1.29, 1.82) is 0 Å². The second-order valence-electron chi connectivity index (χ2n) is 4.38. The summed E-state index contributed by atoms with van der Waals surface area (Å²) in [5.41, 5.74) is 0.602. The van der Waals surface area contributed by atoms with Gasteiger partial charge in [0.2, 0.25) is 0 Å². The number of anilines is 1. The Kier molecular flexibility index (Phi) is 5.48. The number of methoxy groups -OCH3 is 1. The van der Waals surface area contributed by atoms with E-state index in [4.69, 9.17) is 4.74 Å². The summed E-state index contributed by atoms with van der Waals surface area (Å²) in [4.78, 5) is 36.0. The third-order valence-corrected chi connectivity index (χ3v) is 3.79. The summed E-state index contributed by atoms with van der Waals surface area (Å²) in [6, 6.07) is 7.87. The number of ether oxygens (including phenoxy) is 2. The van der Waals surface area contributed by atoms with Gasteiger partial charge in [-0.2, -0.15) is 0 Å². The Morgan fingerprint density at radius 1 is 1.04 bits per heavy atom. The first-order valence-corrected chi connectivity index (χ1v) is 7.69. The van der Waals surface area contributed by atoms with Gasteiger partial charge in [0, 0.05) is 0 Å². The molecule has 1 N–H and O–H groups in total. The molecule has 0 aliphatic heterocycles. The first-order chi connectivity index (χ1) is 11.1. The molecule has 0 spiro atoms. The predicted octanol–water partition coefficient (Wildman–Crippen LogP) is 2.96. The molecule has 120 valence electrons. The quantitative estimate of drug-likeness (QED) is 0.851. The molecular formula is C16H15NO5S. The molecule has 0 radical (unpaired) electrons. The van der Waals surface area contributed by atoms with Crippen LogP contribution in [-0.2, 0) is 9.47 Å². The van der Waals surface area contributed by atoms with Crippen LogP contribution in [0.25, 0.3) is 0 Å². The predicted molar refractivity (Wildman–Crippen MR) is 86.0 cm³/mol. The van der Waals surface area contributed by atoms with Crippen LogP contribution in [0.1, 0.15) is 38.0 Å². The van der Waals surface area contributed by atoms with Crippen LogP contribution in [-0.4, -0.2) is 31.6 Å². The molecule has 0 unspecified atom stereocenters. The van der Waals surface area contributed by atoms with E-state index >= 15 is 0 Å². The van der Waals surface area contributed by atoms with Crippen molar-refractivity contribution in [2.75, 3.05) is 19.0 Å². The summed E-state index contributed by atoms with van der Waals surface area (Å²) in [6.07, 6.45) is 0. The molecule has 0 fully saturated rings. The van der Waals surface area contributed by atoms with Crippen LogP contribution in [0.4, 0.5) is 5.00 Å². The molecule has 2 aromatic rings. The highest BCUT2D eigenvalue weighted by Crippen LogP contribution is 2.25. The van der Waals surface area contributed by atoms with Gasteiger partial charge < -0.3 is 14.8 Å². The molecule has 1 aromatic carbocycles. The largest absolute Gasteiger partial charge is 0.465 e. The number of hydrogen-bond donors (Lipinski definition) is 1. The fourth-order valence-electron chi connectivity index (χ4n) is 1.92. The van der Waals surface area contributed by atoms with E-state index in [1.807, 2.05) is 0 Å². The van der Waals surface area contributed by atoms with Gasteiger partial charge >= 0.3 is 11.9 Å². The van der Waals surface area contributed by atoms with Gasteiger partial charge in [-0.05, 0) is 30.5 Å². The van der Waals surface area contributed by atoms with Gasteiger partial charge in [-0.1, -0.05) is 12.1 Å². The van der Waals surface area contributed by atoms with E-state index in [9.17, 15) is 14.4 Å². The van der Waals surface area contributed by atoms with Gasteiger partial charge in [-0.15, -0.1) is 11.3 Å². The minimum atomic E-state index is -0.604. The van der Waals surface area contributed by atoms with Crippen LogP contribution in [0.3, 0.4) is 0 Å². The molecular weight excluding hydrogens is 318 g/mol. The van der Waals surface area contributed by atoms with Crippen LogP contribution >= 0.6 is 11.3 Å². The maximum atomic E-state index is 12.4. The van der Waals surface area contributed by atoms with Crippen LogP contribution in [0, 0.1) is 0 Å². The van der Waals surface area contributed by atoms with E-state index in [2.05, 4.69) is 10.1 Å². The third kappa shape index (κ3) is 3.75. The summed E-state index contributed by atoms with van der Waals surface area (Å²) in [7, 11) is 1.25. The van der Waals surface area contributed by atoms with E-state index in [-0.39, 0.29) is 23.3 Å². The highest BCUT2D eigenvalue weighted by molar-refractivity contribution is 7.14. The van der Waals surface area contributed by atoms with E-state index in [0.29, 0.717) is 5.00 Å². The Balaban J connectivity index is 2.26. The second-order valence-corrected chi connectivity index (χ2v) is 5.29. The zero-order chi connectivity index (χ0) is 16.8. The Bertz CT molecular complexity index is 738. The number of thiophene rings is 1. The smallest absolute Gasteiger partial charge is 0.341 e. The molecule has 7 heteroatoms. The molecule has 0 saturated heterocycles. The zero-order valence-corrected chi connectivity index (χ0v) is 13.4. The summed E-state index contributed by atoms with van der Waals surface area (Å²) < 4.78 is 9.60. The van der Waals surface area contributed by atoms with E-state index in [0.717, 1.165) is 0 Å². The minimum absolute atomic E-state index is 0.154. The van der Waals surface area contributed by atoms with Crippen molar-refractivity contribution in [3.8, 4) is 0 Å². The third-order valence-electron chi connectivity index (χ3n) is 2.96. The fourth-order valence-corrected chi connectivity index (χ4v) is 2.69. The molecule has 1 heterocycles. The van der Waals surface area contributed by atoms with Gasteiger partial charge in [0.05, 0.1) is 30.4 Å². The average molecular weight is 333 g/mol. The minimum Gasteiger partial charge on any atom is -0.465 e.